The average Bonchev–Trinajstić information content (AvgIpc) is 2.41. The van der Waals surface area contributed by atoms with Gasteiger partial charge in [-0.1, -0.05) is 12.1 Å². The molecular weight excluding hydrogens is 242 g/mol. The van der Waals surface area contributed by atoms with Crippen molar-refractivity contribution in [2.24, 2.45) is 5.73 Å². The number of nitrogens with two attached hydrogens (primary N) is 2. The molecule has 4 N–H and O–H groups in total. The Morgan fingerprint density at radius 2 is 1.84 bits per heavy atom. The molecule has 0 aliphatic rings. The van der Waals surface area contributed by atoms with Gasteiger partial charge in [0.2, 0.25) is 0 Å². The molecule has 1 aromatic heterocycles. The number of nitrogens with zero attached hydrogens (tertiary/aromatic N) is 3. The van der Waals surface area contributed by atoms with Crippen molar-refractivity contribution in [2.45, 2.75) is 6.54 Å². The van der Waals surface area contributed by atoms with Gasteiger partial charge in [-0.2, -0.15) is 0 Å². The van der Waals surface area contributed by atoms with E-state index < -0.39 is 5.91 Å². The maximum atomic E-state index is 10.9. The summed E-state index contributed by atoms with van der Waals surface area (Å²) in [6.07, 6.45) is 0. The SMILES string of the molecule is CN(Cc1ccc(N)cc1)c1ccc(C(N)=O)nn1. The van der Waals surface area contributed by atoms with Crippen LogP contribution in [0.3, 0.4) is 0 Å². The number of nitrogen functional groups attached to an aromatic ring is 1. The molecule has 0 unspecified atom stereocenters. The Labute approximate surface area is 111 Å². The third kappa shape index (κ3) is 3.19. The van der Waals surface area contributed by atoms with Crippen LogP contribution in [0.5, 0.6) is 0 Å². The molecule has 0 aliphatic carbocycles. The van der Waals surface area contributed by atoms with Crippen LogP contribution in [0.25, 0.3) is 0 Å². The zero-order chi connectivity index (χ0) is 13.8. The number of anilines is 2. The largest absolute Gasteiger partial charge is 0.399 e. The maximum Gasteiger partial charge on any atom is 0.269 e. The first-order valence-corrected chi connectivity index (χ1v) is 5.75. The highest BCUT2D eigenvalue weighted by molar-refractivity contribution is 5.90. The second-order valence-corrected chi connectivity index (χ2v) is 4.24. The highest BCUT2D eigenvalue weighted by Gasteiger charge is 2.07. The van der Waals surface area contributed by atoms with Crippen LogP contribution in [0.4, 0.5) is 11.5 Å². The minimum absolute atomic E-state index is 0.157. The van der Waals surface area contributed by atoms with Gasteiger partial charge in [0.1, 0.15) is 0 Å². The Hall–Kier alpha value is -2.63. The van der Waals surface area contributed by atoms with E-state index in [1.807, 2.05) is 36.2 Å². The van der Waals surface area contributed by atoms with Gasteiger partial charge in [0.15, 0.2) is 11.5 Å². The predicted molar refractivity (Wildman–Crippen MR) is 73.5 cm³/mol. The van der Waals surface area contributed by atoms with Crippen molar-refractivity contribution in [1.82, 2.24) is 10.2 Å². The molecule has 2 rings (SSSR count). The zero-order valence-electron chi connectivity index (χ0n) is 10.6. The highest BCUT2D eigenvalue weighted by Crippen LogP contribution is 2.13. The van der Waals surface area contributed by atoms with Crippen LogP contribution in [0.2, 0.25) is 0 Å². The Morgan fingerprint density at radius 1 is 1.16 bits per heavy atom. The van der Waals surface area contributed by atoms with Crippen molar-refractivity contribution < 1.29 is 4.79 Å². The van der Waals surface area contributed by atoms with Gasteiger partial charge in [0, 0.05) is 19.3 Å². The number of amides is 1. The van der Waals surface area contributed by atoms with E-state index in [0.717, 1.165) is 11.3 Å². The number of primary amides is 1. The van der Waals surface area contributed by atoms with Crippen LogP contribution in [0.15, 0.2) is 36.4 Å². The molecule has 0 saturated heterocycles. The molecule has 6 heteroatoms. The first-order chi connectivity index (χ1) is 9.06. The molecule has 19 heavy (non-hydrogen) atoms. The monoisotopic (exact) mass is 257 g/mol. The third-order valence-electron chi connectivity index (χ3n) is 2.69. The van der Waals surface area contributed by atoms with Crippen molar-refractivity contribution >= 4 is 17.4 Å². The number of aromatic nitrogens is 2. The van der Waals surface area contributed by atoms with Crippen LogP contribution in [0, 0.1) is 0 Å². The summed E-state index contributed by atoms with van der Waals surface area (Å²) >= 11 is 0. The third-order valence-corrected chi connectivity index (χ3v) is 2.69. The Bertz CT molecular complexity index is 565. The van der Waals surface area contributed by atoms with E-state index in [9.17, 15) is 4.79 Å². The Kier molecular flexibility index (Phi) is 3.61. The van der Waals surface area contributed by atoms with Gasteiger partial charge < -0.3 is 16.4 Å². The fourth-order valence-electron chi connectivity index (χ4n) is 1.64. The molecule has 98 valence electrons. The van der Waals surface area contributed by atoms with Crippen molar-refractivity contribution in [3.8, 4) is 0 Å². The smallest absolute Gasteiger partial charge is 0.269 e. The van der Waals surface area contributed by atoms with E-state index in [2.05, 4.69) is 10.2 Å². The summed E-state index contributed by atoms with van der Waals surface area (Å²) in [7, 11) is 1.89. The molecule has 0 saturated carbocycles. The fraction of sp³-hybridized carbons (Fsp3) is 0.154. The van der Waals surface area contributed by atoms with Gasteiger partial charge >= 0.3 is 0 Å². The molecule has 2 aromatic rings. The Morgan fingerprint density at radius 3 is 2.37 bits per heavy atom. The van der Waals surface area contributed by atoms with Gasteiger partial charge in [-0.3, -0.25) is 4.79 Å². The summed E-state index contributed by atoms with van der Waals surface area (Å²) in [6, 6.07) is 10.9. The molecule has 0 fully saturated rings. The van der Waals surface area contributed by atoms with E-state index in [0.29, 0.717) is 12.4 Å². The fourth-order valence-corrected chi connectivity index (χ4v) is 1.64. The number of benzene rings is 1. The molecular formula is C13H15N5O. The second kappa shape index (κ2) is 5.34. The number of carbonyl (C=O) groups excluding carboxylic acids is 1. The number of rotatable bonds is 4. The lowest BCUT2D eigenvalue weighted by atomic mass is 10.2. The minimum atomic E-state index is -0.583. The van der Waals surface area contributed by atoms with Crippen molar-refractivity contribution in [3.63, 3.8) is 0 Å². The van der Waals surface area contributed by atoms with Crippen LogP contribution in [-0.4, -0.2) is 23.2 Å². The standard InChI is InChI=1S/C13H15N5O/c1-18(8-9-2-4-10(14)5-3-9)12-7-6-11(13(15)19)16-17-12/h2-7H,8,14H2,1H3,(H2,15,19). The van der Waals surface area contributed by atoms with E-state index in [1.54, 1.807) is 12.1 Å². The lowest BCUT2D eigenvalue weighted by molar-refractivity contribution is 0.0994. The maximum absolute atomic E-state index is 10.9. The first kappa shape index (κ1) is 12.8. The number of carbonyl (C=O) groups is 1. The molecule has 0 radical (unpaired) electrons. The van der Waals surface area contributed by atoms with Gasteiger partial charge in [-0.25, -0.2) is 0 Å². The average molecular weight is 257 g/mol. The normalized spacial score (nSPS) is 10.2. The first-order valence-electron chi connectivity index (χ1n) is 5.75. The number of hydrogen-bond donors (Lipinski definition) is 2. The van der Waals surface area contributed by atoms with E-state index in [4.69, 9.17) is 11.5 Å². The quantitative estimate of drug-likeness (QED) is 0.789. The lowest BCUT2D eigenvalue weighted by Crippen LogP contribution is -2.20. The molecule has 1 amide bonds. The van der Waals surface area contributed by atoms with Crippen molar-refractivity contribution in [2.75, 3.05) is 17.7 Å². The van der Waals surface area contributed by atoms with Gasteiger partial charge in [-0.05, 0) is 29.8 Å². The number of hydrogen-bond acceptors (Lipinski definition) is 5. The minimum Gasteiger partial charge on any atom is -0.399 e. The highest BCUT2D eigenvalue weighted by atomic mass is 16.1. The molecule has 6 nitrogen and oxygen atoms in total. The summed E-state index contributed by atoms with van der Waals surface area (Å²) in [5.74, 6) is 0.0852. The predicted octanol–water partition coefficient (Wildman–Crippen LogP) is 0.794. The van der Waals surface area contributed by atoms with Crippen LogP contribution >= 0.6 is 0 Å². The van der Waals surface area contributed by atoms with Crippen LogP contribution in [0.1, 0.15) is 16.1 Å². The van der Waals surface area contributed by atoms with E-state index in [1.165, 1.54) is 0 Å². The van der Waals surface area contributed by atoms with Gasteiger partial charge in [0.25, 0.3) is 5.91 Å². The summed E-state index contributed by atoms with van der Waals surface area (Å²) in [6.45, 7) is 0.672. The summed E-state index contributed by atoms with van der Waals surface area (Å²) in [5.41, 5.74) is 12.7. The summed E-state index contributed by atoms with van der Waals surface area (Å²) in [4.78, 5) is 12.8. The van der Waals surface area contributed by atoms with Gasteiger partial charge in [-0.15, -0.1) is 10.2 Å². The molecule has 1 heterocycles. The molecule has 0 atom stereocenters. The second-order valence-electron chi connectivity index (χ2n) is 4.24. The summed E-state index contributed by atoms with van der Waals surface area (Å²) < 4.78 is 0. The zero-order valence-corrected chi connectivity index (χ0v) is 10.6. The Balaban J connectivity index is 2.09. The molecule has 0 spiro atoms. The summed E-state index contributed by atoms with van der Waals surface area (Å²) in [5, 5.41) is 7.73. The van der Waals surface area contributed by atoms with Crippen molar-refractivity contribution in [3.05, 3.63) is 47.7 Å². The van der Waals surface area contributed by atoms with Crippen molar-refractivity contribution in [1.29, 1.82) is 0 Å². The topological polar surface area (TPSA) is 98.1 Å². The van der Waals surface area contributed by atoms with E-state index in [-0.39, 0.29) is 5.69 Å². The van der Waals surface area contributed by atoms with Crippen LogP contribution in [-0.2, 0) is 6.54 Å². The lowest BCUT2D eigenvalue weighted by Gasteiger charge is -2.17. The molecule has 0 aliphatic heterocycles. The van der Waals surface area contributed by atoms with E-state index >= 15 is 0 Å². The van der Waals surface area contributed by atoms with Crippen LogP contribution < -0.4 is 16.4 Å². The molecule has 1 aromatic carbocycles. The molecule has 0 bridgehead atoms. The van der Waals surface area contributed by atoms with Gasteiger partial charge in [0.05, 0.1) is 0 Å².